The number of ether oxygens (including phenoxy) is 1. The third-order valence-electron chi connectivity index (χ3n) is 3.67. The van der Waals surface area contributed by atoms with E-state index >= 15 is 0 Å². The minimum atomic E-state index is -0.0584. The SMILES string of the molecule is NCCOc1cccc(CC(=O)NCc2cc(C3CC3)on2)c1. The molecule has 6 nitrogen and oxygen atoms in total. The molecule has 1 aromatic heterocycles. The van der Waals surface area contributed by atoms with Crippen molar-refractivity contribution in [2.24, 2.45) is 5.73 Å². The molecular formula is C17H21N3O3. The van der Waals surface area contributed by atoms with Crippen molar-refractivity contribution in [3.8, 4) is 5.75 Å². The van der Waals surface area contributed by atoms with E-state index < -0.39 is 0 Å². The Bertz CT molecular complexity index is 665. The fraction of sp³-hybridized carbons (Fsp3) is 0.412. The predicted molar refractivity (Wildman–Crippen MR) is 85.0 cm³/mol. The Labute approximate surface area is 135 Å². The maximum absolute atomic E-state index is 12.0. The molecule has 1 heterocycles. The summed E-state index contributed by atoms with van der Waals surface area (Å²) < 4.78 is 10.7. The first-order valence-corrected chi connectivity index (χ1v) is 7.88. The first-order valence-electron chi connectivity index (χ1n) is 7.88. The van der Waals surface area contributed by atoms with E-state index in [0.29, 0.717) is 32.0 Å². The first kappa shape index (κ1) is 15.6. The lowest BCUT2D eigenvalue weighted by atomic mass is 10.1. The van der Waals surface area contributed by atoms with E-state index in [1.807, 2.05) is 30.3 Å². The van der Waals surface area contributed by atoms with Gasteiger partial charge in [0.2, 0.25) is 5.91 Å². The number of carbonyl (C=O) groups is 1. The molecule has 0 spiro atoms. The van der Waals surface area contributed by atoms with Crippen molar-refractivity contribution in [1.29, 1.82) is 0 Å². The Kier molecular flexibility index (Phi) is 4.92. The summed E-state index contributed by atoms with van der Waals surface area (Å²) in [5.41, 5.74) is 7.07. The van der Waals surface area contributed by atoms with E-state index in [1.165, 1.54) is 12.8 Å². The second kappa shape index (κ2) is 7.28. The highest BCUT2D eigenvalue weighted by Crippen LogP contribution is 2.40. The van der Waals surface area contributed by atoms with Crippen molar-refractivity contribution in [2.45, 2.75) is 31.7 Å². The van der Waals surface area contributed by atoms with Gasteiger partial charge in [-0.15, -0.1) is 0 Å². The molecule has 1 saturated carbocycles. The van der Waals surface area contributed by atoms with Crippen molar-refractivity contribution in [3.05, 3.63) is 47.3 Å². The summed E-state index contributed by atoms with van der Waals surface area (Å²) in [5, 5.41) is 6.84. The molecule has 1 fully saturated rings. The van der Waals surface area contributed by atoms with Gasteiger partial charge < -0.3 is 20.3 Å². The van der Waals surface area contributed by atoms with Gasteiger partial charge >= 0.3 is 0 Å². The Balaban J connectivity index is 1.48. The fourth-order valence-corrected chi connectivity index (χ4v) is 2.33. The number of benzene rings is 1. The van der Waals surface area contributed by atoms with Crippen LogP contribution in [0, 0.1) is 0 Å². The van der Waals surface area contributed by atoms with Crippen LogP contribution in [0.1, 0.15) is 35.8 Å². The van der Waals surface area contributed by atoms with Gasteiger partial charge in [-0.1, -0.05) is 17.3 Å². The molecule has 0 unspecified atom stereocenters. The van der Waals surface area contributed by atoms with E-state index in [4.69, 9.17) is 15.0 Å². The van der Waals surface area contributed by atoms with Crippen molar-refractivity contribution < 1.29 is 14.1 Å². The predicted octanol–water partition coefficient (Wildman–Crippen LogP) is 1.75. The normalized spacial score (nSPS) is 13.8. The van der Waals surface area contributed by atoms with Gasteiger partial charge in [0, 0.05) is 18.5 Å². The second-order valence-corrected chi connectivity index (χ2v) is 5.73. The minimum absolute atomic E-state index is 0.0584. The van der Waals surface area contributed by atoms with Crippen molar-refractivity contribution in [3.63, 3.8) is 0 Å². The average Bonchev–Trinajstić information content (AvgIpc) is 3.30. The standard InChI is InChI=1S/C17H21N3O3/c18-6-7-22-15-3-1-2-12(8-15)9-17(21)19-11-14-10-16(23-20-14)13-4-5-13/h1-3,8,10,13H,4-7,9,11,18H2,(H,19,21). The number of amides is 1. The van der Waals surface area contributed by atoms with Gasteiger partial charge in [0.1, 0.15) is 23.8 Å². The quantitative estimate of drug-likeness (QED) is 0.774. The highest BCUT2D eigenvalue weighted by molar-refractivity contribution is 5.78. The van der Waals surface area contributed by atoms with Crippen LogP contribution in [-0.2, 0) is 17.8 Å². The summed E-state index contributed by atoms with van der Waals surface area (Å²) in [4.78, 5) is 12.0. The van der Waals surface area contributed by atoms with Crippen LogP contribution >= 0.6 is 0 Å². The Morgan fingerprint density at radius 2 is 2.26 bits per heavy atom. The summed E-state index contributed by atoms with van der Waals surface area (Å²) in [5.74, 6) is 2.13. The fourth-order valence-electron chi connectivity index (χ4n) is 2.33. The number of nitrogens with zero attached hydrogens (tertiary/aromatic N) is 1. The maximum atomic E-state index is 12.0. The van der Waals surface area contributed by atoms with Crippen LogP contribution in [0.4, 0.5) is 0 Å². The zero-order valence-electron chi connectivity index (χ0n) is 13.0. The van der Waals surface area contributed by atoms with Crippen LogP contribution in [0.15, 0.2) is 34.9 Å². The number of hydrogen-bond donors (Lipinski definition) is 2. The molecule has 1 aromatic carbocycles. The third-order valence-corrected chi connectivity index (χ3v) is 3.67. The lowest BCUT2D eigenvalue weighted by molar-refractivity contribution is -0.120. The Hall–Kier alpha value is -2.34. The van der Waals surface area contributed by atoms with E-state index in [-0.39, 0.29) is 5.91 Å². The summed E-state index contributed by atoms with van der Waals surface area (Å²) in [7, 11) is 0. The van der Waals surface area contributed by atoms with Gasteiger partial charge in [-0.25, -0.2) is 0 Å². The molecule has 23 heavy (non-hydrogen) atoms. The molecule has 1 amide bonds. The molecule has 0 aliphatic heterocycles. The van der Waals surface area contributed by atoms with Crippen LogP contribution in [0.3, 0.4) is 0 Å². The molecule has 2 aromatic rings. The van der Waals surface area contributed by atoms with Crippen LogP contribution in [0.5, 0.6) is 5.75 Å². The average molecular weight is 315 g/mol. The van der Waals surface area contributed by atoms with Crippen LogP contribution in [0.25, 0.3) is 0 Å². The third kappa shape index (κ3) is 4.56. The van der Waals surface area contributed by atoms with Crippen LogP contribution < -0.4 is 15.8 Å². The molecule has 1 aliphatic rings. The molecule has 0 saturated heterocycles. The number of nitrogens with two attached hydrogens (primary N) is 1. The molecule has 1 aliphatic carbocycles. The second-order valence-electron chi connectivity index (χ2n) is 5.73. The lowest BCUT2D eigenvalue weighted by Gasteiger charge is -2.07. The molecule has 3 N–H and O–H groups in total. The van der Waals surface area contributed by atoms with Gasteiger partial charge in [-0.2, -0.15) is 0 Å². The van der Waals surface area contributed by atoms with Gasteiger partial charge in [-0.05, 0) is 30.5 Å². The Morgan fingerprint density at radius 3 is 3.04 bits per heavy atom. The summed E-state index contributed by atoms with van der Waals surface area (Å²) >= 11 is 0. The maximum Gasteiger partial charge on any atom is 0.224 e. The number of rotatable bonds is 8. The highest BCUT2D eigenvalue weighted by Gasteiger charge is 2.27. The highest BCUT2D eigenvalue weighted by atomic mass is 16.5. The molecule has 0 radical (unpaired) electrons. The van der Waals surface area contributed by atoms with E-state index in [1.54, 1.807) is 0 Å². The Morgan fingerprint density at radius 1 is 1.39 bits per heavy atom. The lowest BCUT2D eigenvalue weighted by Crippen LogP contribution is -2.24. The molecular weight excluding hydrogens is 294 g/mol. The van der Waals surface area contributed by atoms with Crippen LogP contribution in [-0.4, -0.2) is 24.2 Å². The molecule has 0 atom stereocenters. The van der Waals surface area contributed by atoms with E-state index in [9.17, 15) is 4.79 Å². The van der Waals surface area contributed by atoms with Gasteiger partial charge in [0.05, 0.1) is 13.0 Å². The van der Waals surface area contributed by atoms with Crippen molar-refractivity contribution in [1.82, 2.24) is 10.5 Å². The monoisotopic (exact) mass is 315 g/mol. The summed E-state index contributed by atoms with van der Waals surface area (Å²) in [6.07, 6.45) is 2.64. The number of hydrogen-bond acceptors (Lipinski definition) is 5. The van der Waals surface area contributed by atoms with Gasteiger partial charge in [0.25, 0.3) is 0 Å². The summed E-state index contributed by atoms with van der Waals surface area (Å²) in [6, 6.07) is 9.41. The number of nitrogens with one attached hydrogen (secondary N) is 1. The first-order chi connectivity index (χ1) is 11.2. The van der Waals surface area contributed by atoms with Gasteiger partial charge in [0.15, 0.2) is 0 Å². The van der Waals surface area contributed by atoms with Crippen LogP contribution in [0.2, 0.25) is 0 Å². The van der Waals surface area contributed by atoms with E-state index in [2.05, 4.69) is 10.5 Å². The molecule has 122 valence electrons. The number of carbonyl (C=O) groups excluding carboxylic acids is 1. The van der Waals surface area contributed by atoms with E-state index in [0.717, 1.165) is 22.8 Å². The number of aromatic nitrogens is 1. The minimum Gasteiger partial charge on any atom is -0.492 e. The van der Waals surface area contributed by atoms with Crippen molar-refractivity contribution in [2.75, 3.05) is 13.2 Å². The topological polar surface area (TPSA) is 90.4 Å². The molecule has 3 rings (SSSR count). The van der Waals surface area contributed by atoms with Gasteiger partial charge in [-0.3, -0.25) is 4.79 Å². The zero-order chi connectivity index (χ0) is 16.1. The molecule has 6 heteroatoms. The zero-order valence-corrected chi connectivity index (χ0v) is 13.0. The largest absolute Gasteiger partial charge is 0.492 e. The molecule has 0 bridgehead atoms. The van der Waals surface area contributed by atoms with Crippen molar-refractivity contribution >= 4 is 5.91 Å². The smallest absolute Gasteiger partial charge is 0.224 e. The summed E-state index contributed by atoms with van der Waals surface area (Å²) in [6.45, 7) is 1.31.